The second-order valence-corrected chi connectivity index (χ2v) is 11.0. The summed E-state index contributed by atoms with van der Waals surface area (Å²) in [6.07, 6.45) is 0.658. The molecular weight excluding hydrogens is 619 g/mol. The van der Waals surface area contributed by atoms with E-state index in [0.29, 0.717) is 35.5 Å². The van der Waals surface area contributed by atoms with Gasteiger partial charge in [0.1, 0.15) is 6.61 Å². The van der Waals surface area contributed by atoms with Crippen molar-refractivity contribution in [2.45, 2.75) is 44.8 Å². The summed E-state index contributed by atoms with van der Waals surface area (Å²) in [5, 5.41) is 14.8. The summed E-state index contributed by atoms with van der Waals surface area (Å²) in [6, 6.07) is 24.5. The van der Waals surface area contributed by atoms with Crippen LogP contribution in [0.15, 0.2) is 89.9 Å². The van der Waals surface area contributed by atoms with Gasteiger partial charge in [0, 0.05) is 18.5 Å². The third-order valence-corrected chi connectivity index (χ3v) is 7.93. The fourth-order valence-electron chi connectivity index (χ4n) is 5.66. The first-order chi connectivity index (χ1) is 21.3. The van der Waals surface area contributed by atoms with Crippen molar-refractivity contribution in [3.63, 3.8) is 0 Å². The molecule has 3 aromatic carbocycles. The van der Waals surface area contributed by atoms with Crippen LogP contribution < -0.4 is 0 Å². The molecule has 0 spiro atoms. The van der Waals surface area contributed by atoms with Gasteiger partial charge in [0.2, 0.25) is 5.91 Å². The number of hydrogen-bond donors (Lipinski definition) is 1. The molecule has 236 valence electrons. The van der Waals surface area contributed by atoms with Gasteiger partial charge in [-0.15, -0.1) is 5.69 Å². The van der Waals surface area contributed by atoms with Crippen molar-refractivity contribution in [1.29, 1.82) is 0 Å². The third kappa shape index (κ3) is 8.23. The second-order valence-electron chi connectivity index (χ2n) is 11.0. The van der Waals surface area contributed by atoms with E-state index in [-0.39, 0.29) is 48.0 Å². The number of ether oxygens (including phenoxy) is 1. The van der Waals surface area contributed by atoms with Gasteiger partial charge in [-0.25, -0.2) is 14.5 Å². The molecule has 2 aliphatic rings. The van der Waals surface area contributed by atoms with Gasteiger partial charge in [0.05, 0.1) is 24.2 Å². The Morgan fingerprint density at radius 3 is 2.31 bits per heavy atom. The SMILES string of the molecule is C[C@@H](CC(=O)N1CCOC1=O)C(N=C(c1ccccc1)c1ccccc1[N-]C(=O)[C@@H]1CCCN1Cc1ccccc1)C(=O)O.[Ni+2]. The van der Waals surface area contributed by atoms with Gasteiger partial charge < -0.3 is 20.0 Å². The molecule has 0 aromatic heterocycles. The zero-order valence-corrected chi connectivity index (χ0v) is 25.8. The van der Waals surface area contributed by atoms with Crippen LogP contribution in [0.25, 0.3) is 5.32 Å². The number of carboxylic acid groups (broad SMARTS) is 1. The van der Waals surface area contributed by atoms with Gasteiger partial charge >= 0.3 is 28.6 Å². The van der Waals surface area contributed by atoms with Gasteiger partial charge in [0.15, 0.2) is 6.04 Å². The van der Waals surface area contributed by atoms with E-state index in [9.17, 15) is 24.3 Å². The minimum absolute atomic E-state index is 0. The minimum Gasteiger partial charge on any atom is -0.625 e. The first-order valence-corrected chi connectivity index (χ1v) is 14.8. The summed E-state index contributed by atoms with van der Waals surface area (Å²) in [6.45, 7) is 3.31. The minimum atomic E-state index is -1.31. The number of carbonyl (C=O) groups is 4. The number of imide groups is 1. The maximum atomic E-state index is 13.6. The van der Waals surface area contributed by atoms with Gasteiger partial charge in [-0.05, 0) is 36.4 Å². The molecule has 1 unspecified atom stereocenters. The largest absolute Gasteiger partial charge is 2.00 e. The Kier molecular flexibility index (Phi) is 11.6. The fourth-order valence-corrected chi connectivity index (χ4v) is 5.66. The number of nitrogens with zero attached hydrogens (tertiary/aromatic N) is 4. The molecule has 0 radical (unpaired) electrons. The zero-order chi connectivity index (χ0) is 31.1. The van der Waals surface area contributed by atoms with E-state index < -0.39 is 29.9 Å². The molecule has 3 aromatic rings. The van der Waals surface area contributed by atoms with Crippen LogP contribution in [0, 0.1) is 5.92 Å². The molecule has 5 rings (SSSR count). The Bertz CT molecular complexity index is 1530. The number of amides is 3. The van der Waals surface area contributed by atoms with Gasteiger partial charge in [0.25, 0.3) is 0 Å². The normalized spacial score (nSPS) is 18.1. The molecule has 1 N–H and O–H groups in total. The van der Waals surface area contributed by atoms with Gasteiger partial charge in [-0.3, -0.25) is 14.7 Å². The fraction of sp³-hybridized carbons (Fsp3) is 0.324. The van der Waals surface area contributed by atoms with Crippen molar-refractivity contribution in [3.05, 3.63) is 107 Å². The smallest absolute Gasteiger partial charge is 0.625 e. The van der Waals surface area contributed by atoms with Crippen LogP contribution in [-0.2, 0) is 42.2 Å². The van der Waals surface area contributed by atoms with Crippen molar-refractivity contribution in [2.75, 3.05) is 19.7 Å². The average molecular weight is 654 g/mol. The van der Waals surface area contributed by atoms with Crippen LogP contribution in [0.4, 0.5) is 10.5 Å². The molecule has 2 aliphatic heterocycles. The monoisotopic (exact) mass is 653 g/mol. The van der Waals surface area contributed by atoms with E-state index in [0.717, 1.165) is 23.4 Å². The molecule has 3 amide bonds. The first-order valence-electron chi connectivity index (χ1n) is 14.8. The van der Waals surface area contributed by atoms with Crippen LogP contribution in [0.1, 0.15) is 42.9 Å². The second kappa shape index (κ2) is 15.6. The van der Waals surface area contributed by atoms with Crippen LogP contribution in [0.2, 0.25) is 0 Å². The molecule has 10 nitrogen and oxygen atoms in total. The first kappa shape index (κ1) is 33.6. The Morgan fingerprint density at radius 2 is 1.64 bits per heavy atom. The third-order valence-electron chi connectivity index (χ3n) is 7.93. The Balaban J connectivity index is 0.00000461. The number of aliphatic imine (C=N–C) groups is 1. The van der Waals surface area contributed by atoms with E-state index in [4.69, 9.17) is 9.73 Å². The van der Waals surface area contributed by atoms with Crippen LogP contribution in [0.5, 0.6) is 0 Å². The molecule has 0 aliphatic carbocycles. The van der Waals surface area contributed by atoms with Crippen molar-refractivity contribution < 1.29 is 45.5 Å². The number of para-hydroxylation sites is 1. The van der Waals surface area contributed by atoms with E-state index in [1.807, 2.05) is 60.7 Å². The molecule has 3 atom stereocenters. The molecule has 45 heavy (non-hydrogen) atoms. The van der Waals surface area contributed by atoms with Gasteiger partial charge in [-0.1, -0.05) is 91.9 Å². The average Bonchev–Trinajstić information content (AvgIpc) is 3.67. The van der Waals surface area contributed by atoms with E-state index in [1.165, 1.54) is 0 Å². The quantitative estimate of drug-likeness (QED) is 0.223. The number of likely N-dealkylation sites (tertiary alicyclic amines) is 1. The summed E-state index contributed by atoms with van der Waals surface area (Å²) < 4.78 is 4.86. The molecule has 11 heteroatoms. The van der Waals surface area contributed by atoms with E-state index >= 15 is 0 Å². The molecule has 0 bridgehead atoms. The number of carboxylic acids is 1. The molecule has 2 heterocycles. The van der Waals surface area contributed by atoms with Crippen molar-refractivity contribution >= 4 is 35.3 Å². The summed E-state index contributed by atoms with van der Waals surface area (Å²) in [4.78, 5) is 58.6. The number of benzene rings is 3. The molecular formula is C34H35N4NiO6+. The van der Waals surface area contributed by atoms with Crippen LogP contribution in [-0.4, -0.2) is 76.3 Å². The summed E-state index contributed by atoms with van der Waals surface area (Å²) >= 11 is 0. The van der Waals surface area contributed by atoms with Gasteiger partial charge in [-0.2, -0.15) is 0 Å². The Hall–Kier alpha value is -4.34. The predicted octanol–water partition coefficient (Wildman–Crippen LogP) is 5.18. The standard InChI is InChI=1S/C34H36N4O6.Ni/c1-23(21-29(39)38-19-20-44-34(38)43)30(33(41)42)36-31(25-13-6-3-7-14-25)26-15-8-9-16-27(26)35-32(40)28-17-10-18-37(28)22-24-11-4-2-5-12-24;/h2-9,11-16,23,28,30H,10,17-22H2,1H3,(H2,35,36,40,41,42);/q;+2/p-1/t23-,28-,30?;/m0./s1. The maximum Gasteiger partial charge on any atom is 2.00 e. The Labute approximate surface area is 272 Å². The zero-order valence-electron chi connectivity index (χ0n) is 24.9. The number of rotatable bonds is 11. The van der Waals surface area contributed by atoms with Crippen molar-refractivity contribution in [1.82, 2.24) is 9.80 Å². The van der Waals surface area contributed by atoms with Crippen molar-refractivity contribution in [3.8, 4) is 0 Å². The van der Waals surface area contributed by atoms with Crippen molar-refractivity contribution in [2.24, 2.45) is 10.9 Å². The topological polar surface area (TPSA) is 131 Å². The number of aliphatic carboxylic acids is 1. The number of hydrogen-bond acceptors (Lipinski definition) is 7. The van der Waals surface area contributed by atoms with Crippen LogP contribution >= 0.6 is 0 Å². The number of carbonyl (C=O) groups excluding carboxylic acids is 3. The van der Waals surface area contributed by atoms with E-state index in [2.05, 4.69) is 10.2 Å². The summed E-state index contributed by atoms with van der Waals surface area (Å²) in [5.41, 5.74) is 3.01. The molecule has 2 fully saturated rings. The summed E-state index contributed by atoms with van der Waals surface area (Å²) in [7, 11) is 0. The van der Waals surface area contributed by atoms with E-state index in [1.54, 1.807) is 31.2 Å². The maximum absolute atomic E-state index is 13.6. The predicted molar refractivity (Wildman–Crippen MR) is 165 cm³/mol. The number of cyclic esters (lactones) is 1. The van der Waals surface area contributed by atoms with Crippen LogP contribution in [0.3, 0.4) is 0 Å². The Morgan fingerprint density at radius 1 is 0.978 bits per heavy atom. The molecule has 0 saturated carbocycles. The summed E-state index contributed by atoms with van der Waals surface area (Å²) in [5.74, 6) is -2.73. The molecule has 2 saturated heterocycles.